The molecule has 1 amide bonds. The summed E-state index contributed by atoms with van der Waals surface area (Å²) < 4.78 is 5.11. The van der Waals surface area contributed by atoms with Gasteiger partial charge in [-0.1, -0.05) is 11.8 Å². The van der Waals surface area contributed by atoms with Crippen molar-refractivity contribution in [3.63, 3.8) is 0 Å². The maximum atomic E-state index is 12.2. The zero-order valence-electron chi connectivity index (χ0n) is 13.3. The van der Waals surface area contributed by atoms with Crippen LogP contribution in [0.3, 0.4) is 0 Å². The van der Waals surface area contributed by atoms with Crippen LogP contribution in [0.4, 0.5) is 10.5 Å². The molecule has 1 aromatic rings. The quantitative estimate of drug-likeness (QED) is 0.618. The van der Waals surface area contributed by atoms with Crippen LogP contribution >= 0.6 is 11.8 Å². The van der Waals surface area contributed by atoms with Gasteiger partial charge in [-0.25, -0.2) is 9.59 Å². The van der Waals surface area contributed by atoms with Crippen LogP contribution in [0.2, 0.25) is 0 Å². The van der Waals surface area contributed by atoms with Crippen molar-refractivity contribution in [1.82, 2.24) is 4.90 Å². The fraction of sp³-hybridized carbons (Fsp3) is 0.400. The largest absolute Gasteiger partial charge is 0.480 e. The van der Waals surface area contributed by atoms with E-state index in [0.717, 1.165) is 16.7 Å². The maximum absolute atomic E-state index is 12.2. The Morgan fingerprint density at radius 1 is 1.36 bits per heavy atom. The number of rotatable bonds is 5. The van der Waals surface area contributed by atoms with Crippen LogP contribution < -0.4 is 0 Å². The molecule has 1 aromatic carbocycles. The predicted molar refractivity (Wildman–Crippen MR) is 88.1 cm³/mol. The van der Waals surface area contributed by atoms with Crippen molar-refractivity contribution in [2.75, 3.05) is 6.54 Å². The Labute approximate surface area is 147 Å². The number of benzene rings is 1. The molecule has 0 unspecified atom stereocenters. The van der Waals surface area contributed by atoms with Gasteiger partial charge in [0.2, 0.25) is 0 Å². The zero-order chi connectivity index (χ0) is 18.6. The third-order valence-electron chi connectivity index (χ3n) is 3.62. The van der Waals surface area contributed by atoms with Crippen LogP contribution in [0.15, 0.2) is 24.3 Å². The molecule has 134 valence electrons. The van der Waals surface area contributed by atoms with E-state index in [-0.39, 0.29) is 35.6 Å². The van der Waals surface area contributed by atoms with Crippen LogP contribution in [0, 0.1) is 10.1 Å². The lowest BCUT2D eigenvalue weighted by molar-refractivity contribution is -0.384. The molecule has 0 bridgehead atoms. The average Bonchev–Trinajstić information content (AvgIpc) is 2.96. The molecule has 0 aromatic heterocycles. The molecule has 0 radical (unpaired) electrons. The number of nitro benzene ring substituents is 1. The lowest BCUT2D eigenvalue weighted by Gasteiger charge is -2.20. The Morgan fingerprint density at radius 2 is 2.00 bits per heavy atom. The number of carbonyl (C=O) groups is 3. The van der Waals surface area contributed by atoms with Gasteiger partial charge in [0, 0.05) is 30.9 Å². The molecule has 1 heterocycles. The minimum atomic E-state index is -1.15. The highest BCUT2D eigenvalue weighted by Crippen LogP contribution is 2.29. The summed E-state index contributed by atoms with van der Waals surface area (Å²) in [7, 11) is 0. The number of carboxylic acid groups (broad SMARTS) is 1. The van der Waals surface area contributed by atoms with E-state index in [0.29, 0.717) is 5.56 Å². The highest BCUT2D eigenvalue weighted by atomic mass is 32.2. The minimum Gasteiger partial charge on any atom is -0.480 e. The Kier molecular flexibility index (Phi) is 5.97. The Morgan fingerprint density at radius 3 is 2.52 bits per heavy atom. The molecule has 1 saturated heterocycles. The number of amides is 1. The second-order valence-electron chi connectivity index (χ2n) is 5.45. The summed E-state index contributed by atoms with van der Waals surface area (Å²) in [6, 6.07) is 4.45. The normalized spacial score (nSPS) is 19.5. The van der Waals surface area contributed by atoms with Crippen LogP contribution in [-0.2, 0) is 20.9 Å². The number of likely N-dealkylation sites (tertiary alicyclic amines) is 1. The third kappa shape index (κ3) is 4.92. The SMILES string of the molecule is CC(=O)S[C@H]1C[C@H](C(=O)O)N(C(=O)OCc2ccc([N+](=O)[O-])cc2)C1. The third-order valence-corrected chi connectivity index (χ3v) is 4.63. The van der Waals surface area contributed by atoms with Crippen molar-refractivity contribution < 1.29 is 29.2 Å². The number of carbonyl (C=O) groups excluding carboxylic acids is 2. The van der Waals surface area contributed by atoms with Crippen LogP contribution in [0.25, 0.3) is 0 Å². The van der Waals surface area contributed by atoms with Crippen LogP contribution in [-0.4, -0.2) is 49.9 Å². The second-order valence-corrected chi connectivity index (χ2v) is 6.93. The molecule has 0 aliphatic carbocycles. The van der Waals surface area contributed by atoms with Crippen molar-refractivity contribution in [1.29, 1.82) is 0 Å². The van der Waals surface area contributed by atoms with Gasteiger partial charge >= 0.3 is 12.1 Å². The van der Waals surface area contributed by atoms with E-state index in [9.17, 15) is 29.6 Å². The molecule has 0 saturated carbocycles. The number of aliphatic carboxylic acids is 1. The molecule has 1 aliphatic rings. The van der Waals surface area contributed by atoms with E-state index in [1.807, 2.05) is 0 Å². The summed E-state index contributed by atoms with van der Waals surface area (Å²) in [6.45, 7) is 1.36. The van der Waals surface area contributed by atoms with Crippen molar-refractivity contribution in [2.24, 2.45) is 0 Å². The highest BCUT2D eigenvalue weighted by Gasteiger charge is 2.41. The summed E-state index contributed by atoms with van der Waals surface area (Å²) in [4.78, 5) is 45.8. The molecule has 25 heavy (non-hydrogen) atoms. The molecular formula is C15H16N2O7S. The number of nitrogens with zero attached hydrogens (tertiary/aromatic N) is 2. The summed E-state index contributed by atoms with van der Waals surface area (Å²) in [5.41, 5.74) is 0.462. The predicted octanol–water partition coefficient (Wildman–Crippen LogP) is 2.04. The van der Waals surface area contributed by atoms with Crippen molar-refractivity contribution in [3.05, 3.63) is 39.9 Å². The molecular weight excluding hydrogens is 352 g/mol. The number of carboxylic acids is 1. The van der Waals surface area contributed by atoms with Crippen molar-refractivity contribution in [3.8, 4) is 0 Å². The molecule has 1 aliphatic heterocycles. The van der Waals surface area contributed by atoms with Gasteiger partial charge in [0.15, 0.2) is 5.12 Å². The molecule has 9 nitrogen and oxygen atoms in total. The maximum Gasteiger partial charge on any atom is 0.410 e. The summed E-state index contributed by atoms with van der Waals surface area (Å²) >= 11 is 1.01. The first-order valence-electron chi connectivity index (χ1n) is 7.34. The second kappa shape index (κ2) is 7.97. The molecule has 1 fully saturated rings. The zero-order valence-corrected chi connectivity index (χ0v) is 14.1. The number of nitro groups is 1. The Balaban J connectivity index is 1.97. The summed E-state index contributed by atoms with van der Waals surface area (Å²) in [6.07, 6.45) is -0.621. The lowest BCUT2D eigenvalue weighted by Crippen LogP contribution is -2.40. The molecule has 2 atom stereocenters. The molecule has 2 rings (SSSR count). The fourth-order valence-corrected chi connectivity index (χ4v) is 3.48. The van der Waals surface area contributed by atoms with E-state index < -0.39 is 23.0 Å². The van der Waals surface area contributed by atoms with Gasteiger partial charge in [0.25, 0.3) is 5.69 Å². The monoisotopic (exact) mass is 368 g/mol. The van der Waals surface area contributed by atoms with Gasteiger partial charge < -0.3 is 9.84 Å². The van der Waals surface area contributed by atoms with Gasteiger partial charge in [0.1, 0.15) is 12.6 Å². The minimum absolute atomic E-state index is 0.0790. The standard InChI is InChI=1S/C15H16N2O7S/c1-9(18)25-12-6-13(14(19)20)16(7-12)15(21)24-8-10-2-4-11(5-3-10)17(22)23/h2-5,12-13H,6-8H2,1H3,(H,19,20)/t12-,13+/m0/s1. The van der Waals surface area contributed by atoms with Crippen LogP contribution in [0.1, 0.15) is 18.9 Å². The average molecular weight is 368 g/mol. The van der Waals surface area contributed by atoms with Gasteiger partial charge in [0.05, 0.1) is 4.92 Å². The number of hydrogen-bond donors (Lipinski definition) is 1. The van der Waals surface area contributed by atoms with Crippen molar-refractivity contribution in [2.45, 2.75) is 31.2 Å². The number of hydrogen-bond acceptors (Lipinski definition) is 7. The summed E-state index contributed by atoms with van der Waals surface area (Å²) in [5.74, 6) is -1.15. The van der Waals surface area contributed by atoms with Gasteiger partial charge in [-0.05, 0) is 24.1 Å². The Bertz CT molecular complexity index is 692. The lowest BCUT2D eigenvalue weighted by atomic mass is 10.2. The van der Waals surface area contributed by atoms with E-state index in [1.54, 1.807) is 0 Å². The van der Waals surface area contributed by atoms with Gasteiger partial charge in [-0.15, -0.1) is 0 Å². The van der Waals surface area contributed by atoms with E-state index in [1.165, 1.54) is 31.2 Å². The highest BCUT2D eigenvalue weighted by molar-refractivity contribution is 8.14. The molecule has 10 heteroatoms. The molecule has 1 N–H and O–H groups in total. The smallest absolute Gasteiger partial charge is 0.410 e. The topological polar surface area (TPSA) is 127 Å². The number of ether oxygens (including phenoxy) is 1. The van der Waals surface area contributed by atoms with Gasteiger partial charge in [-0.2, -0.15) is 0 Å². The first-order chi connectivity index (χ1) is 11.8. The number of thioether (sulfide) groups is 1. The first-order valence-corrected chi connectivity index (χ1v) is 8.22. The number of non-ortho nitro benzene ring substituents is 1. The van der Waals surface area contributed by atoms with Crippen molar-refractivity contribution >= 4 is 34.6 Å². The van der Waals surface area contributed by atoms with E-state index in [2.05, 4.69) is 0 Å². The summed E-state index contributed by atoms with van der Waals surface area (Å²) in [5, 5.41) is 19.4. The van der Waals surface area contributed by atoms with E-state index in [4.69, 9.17) is 4.74 Å². The van der Waals surface area contributed by atoms with Crippen LogP contribution in [0.5, 0.6) is 0 Å². The van der Waals surface area contributed by atoms with E-state index >= 15 is 0 Å². The van der Waals surface area contributed by atoms with Gasteiger partial charge in [-0.3, -0.25) is 19.8 Å². The fourth-order valence-electron chi connectivity index (χ4n) is 2.50. The first kappa shape index (κ1) is 18.7. The Hall–Kier alpha value is -2.62. The molecule has 0 spiro atoms.